The summed E-state index contributed by atoms with van der Waals surface area (Å²) in [5, 5.41) is 2.93. The molecular formula is C28H36N2O5. The van der Waals surface area contributed by atoms with Crippen molar-refractivity contribution in [2.75, 3.05) is 20.2 Å². The summed E-state index contributed by atoms with van der Waals surface area (Å²) in [7, 11) is 1.56. The Labute approximate surface area is 207 Å². The van der Waals surface area contributed by atoms with E-state index in [2.05, 4.69) is 5.32 Å². The molecule has 1 saturated heterocycles. The molecule has 1 aliphatic heterocycles. The lowest BCUT2D eigenvalue weighted by atomic mass is 9.99. The van der Waals surface area contributed by atoms with E-state index in [1.807, 2.05) is 35.2 Å². The Hall–Kier alpha value is -3.19. The van der Waals surface area contributed by atoms with E-state index in [1.165, 1.54) is 0 Å². The molecule has 0 saturated carbocycles. The quantitative estimate of drug-likeness (QED) is 0.434. The molecule has 1 amide bonds. The van der Waals surface area contributed by atoms with Crippen LogP contribution in [0.5, 0.6) is 5.75 Å². The molecule has 0 unspecified atom stereocenters. The van der Waals surface area contributed by atoms with Crippen LogP contribution in [0, 0.1) is 0 Å². The van der Waals surface area contributed by atoms with Crippen LogP contribution in [0.1, 0.15) is 56.0 Å². The number of rotatable bonds is 9. The number of ether oxygens (including phenoxy) is 2. The van der Waals surface area contributed by atoms with E-state index >= 15 is 0 Å². The van der Waals surface area contributed by atoms with Crippen LogP contribution in [0.15, 0.2) is 54.6 Å². The zero-order chi connectivity index (χ0) is 25.4. The molecule has 7 heteroatoms. The Morgan fingerprint density at radius 2 is 1.80 bits per heavy atom. The molecule has 1 fully saturated rings. The number of nitrogens with one attached hydrogen (secondary N) is 1. The van der Waals surface area contributed by atoms with E-state index in [0.29, 0.717) is 30.7 Å². The second-order valence-corrected chi connectivity index (χ2v) is 9.92. The van der Waals surface area contributed by atoms with Gasteiger partial charge in [-0.25, -0.2) is 4.79 Å². The molecule has 0 aliphatic carbocycles. The van der Waals surface area contributed by atoms with Gasteiger partial charge in [0.25, 0.3) is 0 Å². The Balaban J connectivity index is 1.73. The van der Waals surface area contributed by atoms with Crippen molar-refractivity contribution in [1.29, 1.82) is 0 Å². The highest BCUT2D eigenvalue weighted by atomic mass is 16.6. The minimum atomic E-state index is -0.818. The van der Waals surface area contributed by atoms with Gasteiger partial charge >= 0.3 is 5.97 Å². The number of benzene rings is 2. The number of hydrogen-bond donors (Lipinski definition) is 1. The summed E-state index contributed by atoms with van der Waals surface area (Å²) in [5.74, 6) is -0.180. The van der Waals surface area contributed by atoms with Crippen molar-refractivity contribution >= 4 is 17.7 Å². The summed E-state index contributed by atoms with van der Waals surface area (Å²) < 4.78 is 10.8. The first kappa shape index (κ1) is 26.4. The number of ketones is 1. The predicted molar refractivity (Wildman–Crippen MR) is 134 cm³/mol. The molecule has 1 heterocycles. The molecule has 7 nitrogen and oxygen atoms in total. The summed E-state index contributed by atoms with van der Waals surface area (Å²) in [6.07, 6.45) is 2.76. The monoisotopic (exact) mass is 480 g/mol. The number of nitrogens with zero attached hydrogens (tertiary/aromatic N) is 1. The molecule has 35 heavy (non-hydrogen) atoms. The van der Waals surface area contributed by atoms with Gasteiger partial charge in [0.1, 0.15) is 17.4 Å². The first-order chi connectivity index (χ1) is 16.7. The molecule has 3 rings (SSSR count). The third kappa shape index (κ3) is 7.92. The normalized spacial score (nSPS) is 17.3. The number of likely N-dealkylation sites (tertiary alicyclic amines) is 1. The van der Waals surface area contributed by atoms with E-state index < -0.39 is 23.7 Å². The van der Waals surface area contributed by atoms with Gasteiger partial charge < -0.3 is 14.8 Å². The number of methoxy groups -OCH3 is 1. The van der Waals surface area contributed by atoms with Gasteiger partial charge in [0.2, 0.25) is 5.91 Å². The van der Waals surface area contributed by atoms with Gasteiger partial charge in [-0.2, -0.15) is 0 Å². The lowest BCUT2D eigenvalue weighted by Crippen LogP contribution is -2.55. The zero-order valence-electron chi connectivity index (χ0n) is 21.1. The molecule has 188 valence electrons. The summed E-state index contributed by atoms with van der Waals surface area (Å²) in [5.41, 5.74) is 0.804. The molecule has 1 N–H and O–H groups in total. The highest BCUT2D eigenvalue weighted by Gasteiger charge is 2.34. The SMILES string of the molecule is COc1cccc(C(=O)CN2CCCC[C@H]2C(=O)N[C@@H](Cc2ccccc2)C(=O)OC(C)(C)C)c1. The Morgan fingerprint density at radius 1 is 1.06 bits per heavy atom. The maximum atomic E-state index is 13.4. The first-order valence-corrected chi connectivity index (χ1v) is 12.1. The average molecular weight is 481 g/mol. The van der Waals surface area contributed by atoms with Crippen LogP contribution in [-0.2, 0) is 20.7 Å². The average Bonchev–Trinajstić information content (AvgIpc) is 2.83. The number of carbonyl (C=O) groups is 3. The van der Waals surface area contributed by atoms with Gasteiger partial charge in [0, 0.05) is 12.0 Å². The maximum absolute atomic E-state index is 13.4. The van der Waals surface area contributed by atoms with E-state index in [4.69, 9.17) is 9.47 Å². The van der Waals surface area contributed by atoms with Crippen molar-refractivity contribution in [2.45, 2.75) is 64.1 Å². The maximum Gasteiger partial charge on any atom is 0.329 e. The zero-order valence-corrected chi connectivity index (χ0v) is 21.1. The van der Waals surface area contributed by atoms with Crippen molar-refractivity contribution in [3.05, 3.63) is 65.7 Å². The van der Waals surface area contributed by atoms with Crippen molar-refractivity contribution in [1.82, 2.24) is 10.2 Å². The van der Waals surface area contributed by atoms with Crippen molar-refractivity contribution in [2.24, 2.45) is 0 Å². The second kappa shape index (κ2) is 12.0. The lowest BCUT2D eigenvalue weighted by Gasteiger charge is -2.35. The fourth-order valence-corrected chi connectivity index (χ4v) is 4.23. The largest absolute Gasteiger partial charge is 0.497 e. The second-order valence-electron chi connectivity index (χ2n) is 9.92. The fraction of sp³-hybridized carbons (Fsp3) is 0.464. The van der Waals surface area contributed by atoms with Gasteiger partial charge in [-0.15, -0.1) is 0 Å². The smallest absolute Gasteiger partial charge is 0.329 e. The Kier molecular flexibility index (Phi) is 9.04. The molecule has 0 aromatic heterocycles. The Morgan fingerprint density at radius 3 is 2.49 bits per heavy atom. The Bertz CT molecular complexity index is 1020. The number of carbonyl (C=O) groups excluding carboxylic acids is 3. The van der Waals surface area contributed by atoms with Gasteiger partial charge in [-0.05, 0) is 57.9 Å². The van der Waals surface area contributed by atoms with E-state index in [0.717, 1.165) is 18.4 Å². The van der Waals surface area contributed by atoms with Crippen LogP contribution in [0.25, 0.3) is 0 Å². The molecule has 2 aromatic rings. The molecule has 0 bridgehead atoms. The highest BCUT2D eigenvalue weighted by molar-refractivity contribution is 5.98. The number of hydrogen-bond acceptors (Lipinski definition) is 6. The molecule has 1 aliphatic rings. The summed E-state index contributed by atoms with van der Waals surface area (Å²) >= 11 is 0. The third-order valence-electron chi connectivity index (χ3n) is 5.95. The molecule has 0 spiro atoms. The topological polar surface area (TPSA) is 84.9 Å². The van der Waals surface area contributed by atoms with Crippen molar-refractivity contribution in [3.63, 3.8) is 0 Å². The van der Waals surface area contributed by atoms with Gasteiger partial charge in [0.15, 0.2) is 5.78 Å². The molecule has 2 atom stereocenters. The van der Waals surface area contributed by atoms with Crippen LogP contribution in [-0.4, -0.2) is 60.4 Å². The summed E-state index contributed by atoms with van der Waals surface area (Å²) in [6.45, 7) is 6.18. The van der Waals surface area contributed by atoms with Gasteiger partial charge in [0.05, 0.1) is 19.7 Å². The van der Waals surface area contributed by atoms with E-state index in [-0.39, 0.29) is 18.2 Å². The molecular weight excluding hydrogens is 444 g/mol. The number of piperidine rings is 1. The number of Topliss-reactive ketones (excluding diaryl/α,β-unsaturated/α-hetero) is 1. The summed E-state index contributed by atoms with van der Waals surface area (Å²) in [6, 6.07) is 15.3. The fourth-order valence-electron chi connectivity index (χ4n) is 4.23. The number of esters is 1. The van der Waals surface area contributed by atoms with Crippen molar-refractivity contribution < 1.29 is 23.9 Å². The third-order valence-corrected chi connectivity index (χ3v) is 5.95. The van der Waals surface area contributed by atoms with Gasteiger partial charge in [-0.1, -0.05) is 48.9 Å². The minimum Gasteiger partial charge on any atom is -0.497 e. The summed E-state index contributed by atoms with van der Waals surface area (Å²) in [4.78, 5) is 41.3. The predicted octanol–water partition coefficient (Wildman–Crippen LogP) is 3.80. The lowest BCUT2D eigenvalue weighted by molar-refractivity contribution is -0.159. The van der Waals surface area contributed by atoms with Crippen LogP contribution < -0.4 is 10.1 Å². The highest BCUT2D eigenvalue weighted by Crippen LogP contribution is 2.20. The number of amides is 1. The van der Waals surface area contributed by atoms with Crippen molar-refractivity contribution in [3.8, 4) is 5.75 Å². The van der Waals surface area contributed by atoms with Crippen LogP contribution in [0.4, 0.5) is 0 Å². The molecule has 0 radical (unpaired) electrons. The van der Waals surface area contributed by atoms with Crippen LogP contribution >= 0.6 is 0 Å². The standard InChI is InChI=1S/C28H36N2O5/c1-28(2,3)35-27(33)23(17-20-11-6-5-7-12-20)29-26(32)24-15-8-9-16-30(24)19-25(31)21-13-10-14-22(18-21)34-4/h5-7,10-14,18,23-24H,8-9,15-17,19H2,1-4H3,(H,29,32)/t23-,24-/m0/s1. The van der Waals surface area contributed by atoms with E-state index in [9.17, 15) is 14.4 Å². The van der Waals surface area contributed by atoms with Gasteiger partial charge in [-0.3, -0.25) is 14.5 Å². The minimum absolute atomic E-state index is 0.0726. The molecule has 2 aromatic carbocycles. The van der Waals surface area contributed by atoms with Crippen LogP contribution in [0.3, 0.4) is 0 Å². The van der Waals surface area contributed by atoms with E-state index in [1.54, 1.807) is 52.1 Å². The first-order valence-electron chi connectivity index (χ1n) is 12.1. The van der Waals surface area contributed by atoms with Crippen LogP contribution in [0.2, 0.25) is 0 Å².